The number of benzene rings is 1. The van der Waals surface area contributed by atoms with E-state index in [9.17, 15) is 4.79 Å². The van der Waals surface area contributed by atoms with Crippen LogP contribution < -0.4 is 10.1 Å². The topological polar surface area (TPSA) is 88.4 Å². The van der Waals surface area contributed by atoms with Gasteiger partial charge in [0.2, 0.25) is 11.9 Å². The molecule has 4 heterocycles. The largest absolute Gasteiger partial charge is 0.495 e. The van der Waals surface area contributed by atoms with E-state index in [2.05, 4.69) is 46.4 Å². The predicted octanol–water partition coefficient (Wildman–Crippen LogP) is 3.14. The number of carbonyl (C=O) groups excluding carboxylic acids is 1. The van der Waals surface area contributed by atoms with E-state index >= 15 is 0 Å². The average molecular weight is 450 g/mol. The Bertz CT molecular complexity index is 1190. The van der Waals surface area contributed by atoms with Crippen LogP contribution in [0.2, 0.25) is 0 Å². The number of hydrogen-bond acceptors (Lipinski definition) is 7. The first-order valence-corrected chi connectivity index (χ1v) is 11.6. The third-order valence-corrected chi connectivity index (χ3v) is 7.09. The SMILES string of the molecule is COc1cc2c(cc1Nc1ncc3cnn(C[C@@H]4CCCN4C(C)=O)c3n1)[C@H](C)N(C)CC2. The first-order valence-electron chi connectivity index (χ1n) is 11.6. The van der Waals surface area contributed by atoms with Crippen LogP contribution in [0.25, 0.3) is 11.0 Å². The number of nitrogens with one attached hydrogen (secondary N) is 1. The van der Waals surface area contributed by atoms with Crippen molar-refractivity contribution in [2.45, 2.75) is 51.7 Å². The van der Waals surface area contributed by atoms with Crippen LogP contribution in [0.5, 0.6) is 5.75 Å². The second-order valence-electron chi connectivity index (χ2n) is 9.09. The van der Waals surface area contributed by atoms with Gasteiger partial charge >= 0.3 is 0 Å². The highest BCUT2D eigenvalue weighted by Gasteiger charge is 2.28. The summed E-state index contributed by atoms with van der Waals surface area (Å²) in [6, 6.07) is 4.76. The van der Waals surface area contributed by atoms with Gasteiger partial charge in [0.05, 0.1) is 37.0 Å². The van der Waals surface area contributed by atoms with Crippen LogP contribution in [0.15, 0.2) is 24.5 Å². The van der Waals surface area contributed by atoms with E-state index in [1.165, 1.54) is 11.1 Å². The standard InChI is InChI=1S/C24H31N7O2/c1-15-20-11-21(22(33-4)10-17(20)7-9-29(15)3)27-24-25-12-18-13-26-31(23(18)28-24)14-19-6-5-8-30(19)16(2)32/h10-13,15,19H,5-9,14H2,1-4H3,(H,25,27,28)/t15-,19-/m0/s1. The molecule has 2 aromatic heterocycles. The smallest absolute Gasteiger partial charge is 0.229 e. The van der Waals surface area contributed by atoms with Crippen molar-refractivity contribution in [2.24, 2.45) is 0 Å². The summed E-state index contributed by atoms with van der Waals surface area (Å²) in [5, 5.41) is 8.77. The number of carbonyl (C=O) groups is 1. The Morgan fingerprint density at radius 1 is 1.27 bits per heavy atom. The highest BCUT2D eigenvalue weighted by Crippen LogP contribution is 2.37. The second-order valence-corrected chi connectivity index (χ2v) is 9.09. The molecule has 2 aliphatic rings. The molecule has 9 heteroatoms. The molecule has 1 aromatic carbocycles. The molecule has 174 valence electrons. The number of hydrogen-bond donors (Lipinski definition) is 1. The average Bonchev–Trinajstić information content (AvgIpc) is 3.44. The van der Waals surface area contributed by atoms with Gasteiger partial charge in [-0.05, 0) is 56.5 Å². The zero-order valence-electron chi connectivity index (χ0n) is 19.7. The van der Waals surface area contributed by atoms with Crippen LogP contribution in [0.1, 0.15) is 43.9 Å². The number of rotatable bonds is 5. The first kappa shape index (κ1) is 21.6. The number of fused-ring (bicyclic) bond motifs is 2. The molecule has 2 aliphatic heterocycles. The lowest BCUT2D eigenvalue weighted by atomic mass is 9.93. The van der Waals surface area contributed by atoms with Gasteiger partial charge in [-0.25, -0.2) is 9.67 Å². The molecule has 0 radical (unpaired) electrons. The summed E-state index contributed by atoms with van der Waals surface area (Å²) in [6.45, 7) is 6.34. The van der Waals surface area contributed by atoms with E-state index in [-0.39, 0.29) is 11.9 Å². The Balaban J connectivity index is 1.44. The molecule has 0 unspecified atom stereocenters. The molecule has 0 saturated carbocycles. The molecule has 1 N–H and O–H groups in total. The molecule has 1 amide bonds. The maximum atomic E-state index is 12.0. The van der Waals surface area contributed by atoms with Gasteiger partial charge in [0.15, 0.2) is 5.65 Å². The summed E-state index contributed by atoms with van der Waals surface area (Å²) in [6.07, 6.45) is 6.58. The Labute approximate surface area is 193 Å². The normalized spacial score (nSPS) is 20.8. The second kappa shape index (κ2) is 8.62. The van der Waals surface area contributed by atoms with Gasteiger partial charge in [-0.15, -0.1) is 0 Å². The van der Waals surface area contributed by atoms with Crippen molar-refractivity contribution < 1.29 is 9.53 Å². The number of likely N-dealkylation sites (tertiary alicyclic amines) is 1. The van der Waals surface area contributed by atoms with E-state index < -0.39 is 0 Å². The van der Waals surface area contributed by atoms with Crippen LogP contribution in [0.3, 0.4) is 0 Å². The summed E-state index contributed by atoms with van der Waals surface area (Å²) in [7, 11) is 3.84. The first-order chi connectivity index (χ1) is 15.9. The Hall–Kier alpha value is -3.20. The third-order valence-electron chi connectivity index (χ3n) is 7.09. The summed E-state index contributed by atoms with van der Waals surface area (Å²) >= 11 is 0. The van der Waals surface area contributed by atoms with Crippen molar-refractivity contribution in [3.63, 3.8) is 0 Å². The van der Waals surface area contributed by atoms with Crippen LogP contribution in [0.4, 0.5) is 11.6 Å². The van der Waals surface area contributed by atoms with Crippen LogP contribution >= 0.6 is 0 Å². The molecular weight excluding hydrogens is 418 g/mol. The fraction of sp³-hybridized carbons (Fsp3) is 0.500. The molecule has 1 fully saturated rings. The zero-order chi connectivity index (χ0) is 23.1. The zero-order valence-corrected chi connectivity index (χ0v) is 19.7. The highest BCUT2D eigenvalue weighted by molar-refractivity contribution is 5.76. The third kappa shape index (κ3) is 4.01. The van der Waals surface area contributed by atoms with Crippen LogP contribution in [-0.4, -0.2) is 68.7 Å². The quantitative estimate of drug-likeness (QED) is 0.640. The Kier molecular flexibility index (Phi) is 5.65. The lowest BCUT2D eigenvalue weighted by Gasteiger charge is -2.32. The van der Waals surface area contributed by atoms with E-state index in [1.807, 2.05) is 9.58 Å². The summed E-state index contributed by atoms with van der Waals surface area (Å²) in [5.74, 6) is 1.39. The molecular formula is C24H31N7O2. The molecule has 1 saturated heterocycles. The van der Waals surface area contributed by atoms with Crippen LogP contribution in [0, 0.1) is 0 Å². The minimum absolute atomic E-state index is 0.116. The van der Waals surface area contributed by atoms with Gasteiger partial charge in [-0.3, -0.25) is 9.69 Å². The van der Waals surface area contributed by atoms with Gasteiger partial charge in [-0.1, -0.05) is 0 Å². The molecule has 9 nitrogen and oxygen atoms in total. The lowest BCUT2D eigenvalue weighted by Crippen LogP contribution is -2.36. The number of aromatic nitrogens is 4. The number of anilines is 2. The van der Waals surface area contributed by atoms with Crippen molar-refractivity contribution in [2.75, 3.05) is 32.6 Å². The van der Waals surface area contributed by atoms with Gasteiger partial charge in [-0.2, -0.15) is 10.1 Å². The van der Waals surface area contributed by atoms with Gasteiger partial charge in [0, 0.05) is 32.3 Å². The van der Waals surface area contributed by atoms with Gasteiger partial charge in [0.1, 0.15) is 5.75 Å². The van der Waals surface area contributed by atoms with Gasteiger partial charge < -0.3 is 15.0 Å². The minimum Gasteiger partial charge on any atom is -0.495 e. The van der Waals surface area contributed by atoms with E-state index in [1.54, 1.807) is 26.4 Å². The molecule has 2 atom stereocenters. The monoisotopic (exact) mass is 449 g/mol. The maximum Gasteiger partial charge on any atom is 0.229 e. The number of ether oxygens (including phenoxy) is 1. The van der Waals surface area contributed by atoms with Crippen molar-refractivity contribution in [3.05, 3.63) is 35.7 Å². The minimum atomic E-state index is 0.116. The number of amides is 1. The van der Waals surface area contributed by atoms with Crippen molar-refractivity contribution in [1.29, 1.82) is 0 Å². The molecule has 33 heavy (non-hydrogen) atoms. The van der Waals surface area contributed by atoms with E-state index in [0.717, 1.165) is 54.8 Å². The fourth-order valence-corrected chi connectivity index (χ4v) is 5.06. The fourth-order valence-electron chi connectivity index (χ4n) is 5.06. The maximum absolute atomic E-state index is 12.0. The summed E-state index contributed by atoms with van der Waals surface area (Å²) in [4.78, 5) is 25.5. The number of methoxy groups -OCH3 is 1. The Morgan fingerprint density at radius 2 is 2.12 bits per heavy atom. The molecule has 0 spiro atoms. The van der Waals surface area contributed by atoms with Crippen LogP contribution in [-0.2, 0) is 17.8 Å². The lowest BCUT2D eigenvalue weighted by molar-refractivity contribution is -0.129. The summed E-state index contributed by atoms with van der Waals surface area (Å²) in [5.41, 5.74) is 4.23. The summed E-state index contributed by atoms with van der Waals surface area (Å²) < 4.78 is 7.56. The molecule has 0 bridgehead atoms. The number of likely N-dealkylation sites (N-methyl/N-ethyl adjacent to an activating group) is 1. The van der Waals surface area contributed by atoms with Gasteiger partial charge in [0.25, 0.3) is 0 Å². The van der Waals surface area contributed by atoms with E-state index in [0.29, 0.717) is 18.5 Å². The van der Waals surface area contributed by atoms with Crippen molar-refractivity contribution in [1.82, 2.24) is 29.5 Å². The molecule has 5 rings (SSSR count). The predicted molar refractivity (Wildman–Crippen MR) is 127 cm³/mol. The Morgan fingerprint density at radius 3 is 2.91 bits per heavy atom. The molecule has 0 aliphatic carbocycles. The molecule has 3 aromatic rings. The van der Waals surface area contributed by atoms with Crippen molar-refractivity contribution in [3.8, 4) is 5.75 Å². The highest BCUT2D eigenvalue weighted by atomic mass is 16.5. The van der Waals surface area contributed by atoms with Crippen molar-refractivity contribution >= 4 is 28.6 Å². The van der Waals surface area contributed by atoms with E-state index in [4.69, 9.17) is 9.72 Å². The number of nitrogens with zero attached hydrogens (tertiary/aromatic N) is 6.